The Labute approximate surface area is 121 Å². The zero-order valence-corrected chi connectivity index (χ0v) is 11.0. The molecule has 4 N–H and O–H groups in total. The Morgan fingerprint density at radius 1 is 1.50 bits per heavy atom. The minimum absolute atomic E-state index is 0.0385. The van der Waals surface area contributed by atoms with Crippen molar-refractivity contribution in [3.8, 4) is 0 Å². The van der Waals surface area contributed by atoms with E-state index in [4.69, 9.17) is 10.5 Å². The van der Waals surface area contributed by atoms with E-state index in [-0.39, 0.29) is 17.2 Å². The van der Waals surface area contributed by atoms with Gasteiger partial charge in [-0.2, -0.15) is 9.37 Å². The van der Waals surface area contributed by atoms with Crippen LogP contribution in [0.25, 0.3) is 5.65 Å². The number of fused-ring (bicyclic) bond motifs is 1. The molecule has 1 aliphatic rings. The summed E-state index contributed by atoms with van der Waals surface area (Å²) in [5, 5.41) is 22.4. The summed E-state index contributed by atoms with van der Waals surface area (Å²) in [4.78, 5) is 7.09. The highest BCUT2D eigenvalue weighted by Gasteiger charge is 2.56. The van der Waals surface area contributed by atoms with Crippen molar-refractivity contribution < 1.29 is 28.1 Å². The second-order valence-corrected chi connectivity index (χ2v) is 4.97. The molecule has 0 unspecified atom stereocenters. The van der Waals surface area contributed by atoms with E-state index in [9.17, 15) is 23.4 Å². The molecule has 2 aromatic rings. The molecule has 8 nitrogen and oxygen atoms in total. The lowest BCUT2D eigenvalue weighted by atomic mass is 9.97. The molecular formula is C11H12F3N5O3. The minimum atomic E-state index is -2.09. The van der Waals surface area contributed by atoms with Gasteiger partial charge in [-0.3, -0.25) is 0 Å². The van der Waals surface area contributed by atoms with Crippen LogP contribution < -0.4 is 5.73 Å². The van der Waals surface area contributed by atoms with Crippen LogP contribution in [-0.2, 0) is 4.74 Å². The number of aliphatic hydroxyl groups excluding tert-OH is 2. The lowest BCUT2D eigenvalue weighted by molar-refractivity contribution is -0.123. The third kappa shape index (κ3) is 1.93. The normalized spacial score (nSPS) is 32.0. The number of nitrogens with zero attached hydrogens (tertiary/aromatic N) is 4. The van der Waals surface area contributed by atoms with Gasteiger partial charge in [-0.15, -0.1) is 5.10 Å². The Balaban J connectivity index is 2.09. The molecule has 0 aliphatic carbocycles. The molecule has 0 aromatic carbocycles. The molecule has 11 heteroatoms. The fourth-order valence-electron chi connectivity index (χ4n) is 2.44. The van der Waals surface area contributed by atoms with E-state index in [2.05, 4.69) is 15.1 Å². The van der Waals surface area contributed by atoms with Crippen LogP contribution in [0.5, 0.6) is 0 Å². The van der Waals surface area contributed by atoms with Gasteiger partial charge >= 0.3 is 6.08 Å². The van der Waals surface area contributed by atoms with E-state index in [1.54, 1.807) is 0 Å². The Morgan fingerprint density at radius 3 is 2.82 bits per heavy atom. The maximum atomic E-state index is 14.3. The van der Waals surface area contributed by atoms with E-state index in [0.717, 1.165) is 10.7 Å². The SMILES string of the molecule is Nc1nc(F)nn2c([C@@H]3O[C@@](CO)(CF)[C@@H](O)[C@H]3F)cnc12. The maximum Gasteiger partial charge on any atom is 0.328 e. The summed E-state index contributed by atoms with van der Waals surface area (Å²) in [6, 6.07) is 0. The lowest BCUT2D eigenvalue weighted by Gasteiger charge is -2.25. The summed E-state index contributed by atoms with van der Waals surface area (Å²) in [6.07, 6.45) is -5.53. The van der Waals surface area contributed by atoms with E-state index in [0.29, 0.717) is 0 Å². The number of halogens is 3. The fraction of sp³-hybridized carbons (Fsp3) is 0.545. The number of nitrogen functional groups attached to an aromatic ring is 1. The van der Waals surface area contributed by atoms with Gasteiger partial charge in [0.2, 0.25) is 0 Å². The van der Waals surface area contributed by atoms with Crippen molar-refractivity contribution in [2.24, 2.45) is 0 Å². The summed E-state index contributed by atoms with van der Waals surface area (Å²) < 4.78 is 46.7. The largest absolute Gasteiger partial charge is 0.393 e. The summed E-state index contributed by atoms with van der Waals surface area (Å²) in [5.41, 5.74) is 3.26. The van der Waals surface area contributed by atoms with Gasteiger partial charge in [-0.1, -0.05) is 0 Å². The van der Waals surface area contributed by atoms with Crippen LogP contribution in [-0.4, -0.2) is 61.0 Å². The van der Waals surface area contributed by atoms with E-state index in [1.807, 2.05) is 0 Å². The number of ether oxygens (including phenoxy) is 1. The molecule has 120 valence electrons. The van der Waals surface area contributed by atoms with Gasteiger partial charge in [-0.05, 0) is 0 Å². The van der Waals surface area contributed by atoms with Gasteiger partial charge in [0.05, 0.1) is 18.5 Å². The Hall–Kier alpha value is -1.98. The number of aromatic nitrogens is 4. The third-order valence-electron chi connectivity index (χ3n) is 3.67. The molecular weight excluding hydrogens is 307 g/mol. The second-order valence-electron chi connectivity index (χ2n) is 4.97. The van der Waals surface area contributed by atoms with Crippen molar-refractivity contribution in [1.29, 1.82) is 0 Å². The number of hydrogen-bond donors (Lipinski definition) is 3. The highest BCUT2D eigenvalue weighted by atomic mass is 19.1. The van der Waals surface area contributed by atoms with Gasteiger partial charge in [0.1, 0.15) is 24.5 Å². The monoisotopic (exact) mass is 319 g/mol. The topological polar surface area (TPSA) is 119 Å². The summed E-state index contributed by atoms with van der Waals surface area (Å²) in [5.74, 6) is -0.272. The smallest absolute Gasteiger partial charge is 0.328 e. The molecule has 1 fully saturated rings. The molecule has 1 saturated heterocycles. The van der Waals surface area contributed by atoms with E-state index in [1.165, 1.54) is 0 Å². The van der Waals surface area contributed by atoms with Crippen molar-refractivity contribution in [3.05, 3.63) is 18.0 Å². The summed E-state index contributed by atoms with van der Waals surface area (Å²) >= 11 is 0. The van der Waals surface area contributed by atoms with Crippen LogP contribution in [0, 0.1) is 6.08 Å². The highest BCUT2D eigenvalue weighted by molar-refractivity contribution is 5.59. The molecule has 22 heavy (non-hydrogen) atoms. The predicted molar refractivity (Wildman–Crippen MR) is 65.7 cm³/mol. The Bertz CT molecular complexity index is 708. The molecule has 3 heterocycles. The minimum Gasteiger partial charge on any atom is -0.393 e. The zero-order valence-electron chi connectivity index (χ0n) is 11.0. The van der Waals surface area contributed by atoms with Gasteiger partial charge in [0.15, 0.2) is 17.6 Å². The molecule has 0 amide bonds. The van der Waals surface area contributed by atoms with Crippen molar-refractivity contribution in [2.45, 2.75) is 24.0 Å². The molecule has 0 radical (unpaired) electrons. The van der Waals surface area contributed by atoms with Crippen LogP contribution in [0.1, 0.15) is 11.8 Å². The first-order valence-electron chi connectivity index (χ1n) is 6.27. The number of anilines is 1. The number of imidazole rings is 1. The van der Waals surface area contributed by atoms with E-state index >= 15 is 0 Å². The Kier molecular flexibility index (Phi) is 3.42. The zero-order chi connectivity index (χ0) is 16.1. The summed E-state index contributed by atoms with van der Waals surface area (Å²) in [6.45, 7) is -2.23. The molecule has 2 aromatic heterocycles. The lowest BCUT2D eigenvalue weighted by Crippen LogP contribution is -2.47. The first kappa shape index (κ1) is 14.9. The van der Waals surface area contributed by atoms with Gasteiger partial charge < -0.3 is 20.7 Å². The molecule has 0 spiro atoms. The number of alkyl halides is 2. The van der Waals surface area contributed by atoms with Crippen molar-refractivity contribution in [1.82, 2.24) is 19.6 Å². The van der Waals surface area contributed by atoms with Crippen LogP contribution in [0.4, 0.5) is 19.0 Å². The molecule has 0 bridgehead atoms. The van der Waals surface area contributed by atoms with E-state index < -0.39 is 43.3 Å². The highest BCUT2D eigenvalue weighted by Crippen LogP contribution is 2.42. The molecule has 1 aliphatic heterocycles. The second kappa shape index (κ2) is 5.04. The number of hydrogen-bond acceptors (Lipinski definition) is 7. The quantitative estimate of drug-likeness (QED) is 0.685. The average molecular weight is 319 g/mol. The molecule has 4 atom stereocenters. The number of nitrogens with two attached hydrogens (primary N) is 1. The average Bonchev–Trinajstić information content (AvgIpc) is 3.01. The third-order valence-corrected chi connectivity index (χ3v) is 3.67. The van der Waals surface area contributed by atoms with Crippen molar-refractivity contribution >= 4 is 11.5 Å². The van der Waals surface area contributed by atoms with Crippen LogP contribution in [0.15, 0.2) is 6.20 Å². The molecule has 3 rings (SSSR count). The van der Waals surface area contributed by atoms with Gasteiger partial charge in [0.25, 0.3) is 0 Å². The maximum absolute atomic E-state index is 14.3. The van der Waals surface area contributed by atoms with Crippen LogP contribution in [0.3, 0.4) is 0 Å². The first-order valence-corrected chi connectivity index (χ1v) is 6.27. The fourth-order valence-corrected chi connectivity index (χ4v) is 2.44. The van der Waals surface area contributed by atoms with Crippen LogP contribution in [0.2, 0.25) is 0 Å². The van der Waals surface area contributed by atoms with Crippen molar-refractivity contribution in [2.75, 3.05) is 19.0 Å². The number of rotatable bonds is 3. The standard InChI is InChI=1S/C11H12F3N5O3/c12-2-11(3-20)7(21)5(13)6(22-11)4-1-16-9-8(15)17-10(14)18-19(4)9/h1,5-7,20-21H,2-3H2,(H2,15,17,18)/t5-,6-,7-,11+/m0/s1. The van der Waals surface area contributed by atoms with Crippen molar-refractivity contribution in [3.63, 3.8) is 0 Å². The Morgan fingerprint density at radius 2 is 2.23 bits per heavy atom. The predicted octanol–water partition coefficient (Wildman–Crippen LogP) is -0.684. The molecule has 0 saturated carbocycles. The summed E-state index contributed by atoms with van der Waals surface area (Å²) in [7, 11) is 0. The van der Waals surface area contributed by atoms with Gasteiger partial charge in [-0.25, -0.2) is 18.3 Å². The first-order chi connectivity index (χ1) is 10.4. The number of aliphatic hydroxyl groups is 2. The van der Waals surface area contributed by atoms with Gasteiger partial charge in [0, 0.05) is 0 Å². The van der Waals surface area contributed by atoms with Crippen LogP contribution >= 0.6 is 0 Å².